The summed E-state index contributed by atoms with van der Waals surface area (Å²) in [6, 6.07) is 60.4. The Labute approximate surface area is 335 Å². The van der Waals surface area contributed by atoms with Gasteiger partial charge in [0.25, 0.3) is 0 Å². The SMILES string of the molecule is c1ccc2cc(-c3nc(-c4cccc5oc6ccccc6c45)nc(-c4cccc5oc6cc(-c7cc8ccccc8c8oc9ccccc9c78)ccc6c45)n3)ccc2c1. The maximum absolute atomic E-state index is 6.71. The molecule has 0 aliphatic rings. The summed E-state index contributed by atoms with van der Waals surface area (Å²) in [6.07, 6.45) is 0. The first-order chi connectivity index (χ1) is 29.2. The minimum atomic E-state index is 0.557. The van der Waals surface area contributed by atoms with Crippen molar-refractivity contribution in [3.63, 3.8) is 0 Å². The van der Waals surface area contributed by atoms with Crippen LogP contribution in [0.4, 0.5) is 0 Å². The molecule has 59 heavy (non-hydrogen) atoms. The maximum Gasteiger partial charge on any atom is 0.164 e. The second kappa shape index (κ2) is 12.2. The summed E-state index contributed by atoms with van der Waals surface area (Å²) in [5.41, 5.74) is 9.66. The minimum absolute atomic E-state index is 0.557. The van der Waals surface area contributed by atoms with Crippen LogP contribution in [-0.2, 0) is 0 Å². The van der Waals surface area contributed by atoms with Gasteiger partial charge in [0, 0.05) is 54.4 Å². The van der Waals surface area contributed by atoms with Crippen LogP contribution >= 0.6 is 0 Å². The smallest absolute Gasteiger partial charge is 0.164 e. The van der Waals surface area contributed by atoms with Crippen molar-refractivity contribution in [1.82, 2.24) is 15.0 Å². The predicted octanol–water partition coefficient (Wildman–Crippen LogP) is 14.5. The molecule has 0 saturated carbocycles. The van der Waals surface area contributed by atoms with E-state index in [2.05, 4.69) is 121 Å². The van der Waals surface area contributed by atoms with E-state index in [1.165, 1.54) is 0 Å². The first-order valence-electron chi connectivity index (χ1n) is 19.7. The van der Waals surface area contributed by atoms with E-state index in [4.69, 9.17) is 28.2 Å². The molecular formula is C53H29N3O3. The van der Waals surface area contributed by atoms with Crippen LogP contribution in [0.15, 0.2) is 189 Å². The van der Waals surface area contributed by atoms with Crippen LogP contribution in [-0.4, -0.2) is 15.0 Å². The molecule has 6 nitrogen and oxygen atoms in total. The Balaban J connectivity index is 1.04. The molecule has 0 aliphatic carbocycles. The van der Waals surface area contributed by atoms with Crippen molar-refractivity contribution in [1.29, 1.82) is 0 Å². The van der Waals surface area contributed by atoms with Gasteiger partial charge in [-0.1, -0.05) is 127 Å². The van der Waals surface area contributed by atoms with Gasteiger partial charge in [0.05, 0.1) is 0 Å². The fraction of sp³-hybridized carbons (Fsp3) is 0. The molecule has 0 atom stereocenters. The normalized spacial score (nSPS) is 12.1. The lowest BCUT2D eigenvalue weighted by molar-refractivity contribution is 0.668. The second-order valence-electron chi connectivity index (χ2n) is 15.1. The van der Waals surface area contributed by atoms with Gasteiger partial charge in [-0.3, -0.25) is 0 Å². The average molecular weight is 756 g/mol. The van der Waals surface area contributed by atoms with Crippen molar-refractivity contribution in [3.8, 4) is 45.3 Å². The van der Waals surface area contributed by atoms with Crippen molar-refractivity contribution >= 4 is 87.4 Å². The molecule has 0 bridgehead atoms. The molecule has 0 N–H and O–H groups in total. The third-order valence-electron chi connectivity index (χ3n) is 11.7. The highest BCUT2D eigenvalue weighted by molar-refractivity contribution is 6.22. The van der Waals surface area contributed by atoms with Gasteiger partial charge in [-0.15, -0.1) is 0 Å². The Morgan fingerprint density at radius 2 is 0.831 bits per heavy atom. The maximum atomic E-state index is 6.71. The van der Waals surface area contributed by atoms with E-state index < -0.39 is 0 Å². The largest absolute Gasteiger partial charge is 0.456 e. The Morgan fingerprint density at radius 3 is 1.58 bits per heavy atom. The van der Waals surface area contributed by atoms with Gasteiger partial charge in [-0.05, 0) is 75.8 Å². The van der Waals surface area contributed by atoms with Crippen LogP contribution < -0.4 is 0 Å². The van der Waals surface area contributed by atoms with Crippen molar-refractivity contribution in [2.45, 2.75) is 0 Å². The molecule has 0 unspecified atom stereocenters. The van der Waals surface area contributed by atoms with Crippen LogP contribution in [0.1, 0.15) is 0 Å². The van der Waals surface area contributed by atoms with Gasteiger partial charge in [0.2, 0.25) is 0 Å². The Kier molecular flexibility index (Phi) is 6.63. The highest BCUT2D eigenvalue weighted by atomic mass is 16.3. The van der Waals surface area contributed by atoms with Crippen LogP contribution in [0.25, 0.3) is 133 Å². The van der Waals surface area contributed by atoms with Gasteiger partial charge < -0.3 is 13.3 Å². The Bertz CT molecular complexity index is 3870. The number of para-hydroxylation sites is 2. The summed E-state index contributed by atoms with van der Waals surface area (Å²) >= 11 is 0. The summed E-state index contributed by atoms with van der Waals surface area (Å²) in [5, 5.41) is 10.6. The lowest BCUT2D eigenvalue weighted by atomic mass is 9.94. The zero-order valence-electron chi connectivity index (χ0n) is 31.3. The number of hydrogen-bond donors (Lipinski definition) is 0. The molecule has 0 fully saturated rings. The number of benzene rings is 9. The van der Waals surface area contributed by atoms with E-state index >= 15 is 0 Å². The third kappa shape index (κ3) is 4.84. The third-order valence-corrected chi connectivity index (χ3v) is 11.7. The predicted molar refractivity (Wildman–Crippen MR) is 238 cm³/mol. The molecule has 0 saturated heterocycles. The highest BCUT2D eigenvalue weighted by Gasteiger charge is 2.22. The van der Waals surface area contributed by atoms with E-state index in [0.29, 0.717) is 17.5 Å². The lowest BCUT2D eigenvalue weighted by Crippen LogP contribution is -2.00. The van der Waals surface area contributed by atoms with Crippen molar-refractivity contribution in [3.05, 3.63) is 176 Å². The molecular weight excluding hydrogens is 727 g/mol. The zero-order chi connectivity index (χ0) is 38.6. The van der Waals surface area contributed by atoms with Crippen LogP contribution in [0.3, 0.4) is 0 Å². The molecule has 4 heterocycles. The number of nitrogens with zero attached hydrogens (tertiary/aromatic N) is 3. The molecule has 9 aromatic carbocycles. The van der Waals surface area contributed by atoms with Crippen molar-refractivity contribution < 1.29 is 13.3 Å². The van der Waals surface area contributed by atoms with E-state index in [9.17, 15) is 0 Å². The molecule has 0 aliphatic heterocycles. The molecule has 6 heteroatoms. The van der Waals surface area contributed by atoms with E-state index in [-0.39, 0.29) is 0 Å². The summed E-state index contributed by atoms with van der Waals surface area (Å²) in [7, 11) is 0. The first-order valence-corrected chi connectivity index (χ1v) is 19.7. The number of aromatic nitrogens is 3. The summed E-state index contributed by atoms with van der Waals surface area (Å²) in [6.45, 7) is 0. The van der Waals surface area contributed by atoms with Gasteiger partial charge in [-0.25, -0.2) is 15.0 Å². The standard InChI is InChI=1S/C53H29N3O3/c1-2-12-31-27-34(24-23-30(31)11-1)51-54-52(39-17-9-21-44-47(39)36-15-5-7-19-42(36)57-44)56-53(55-51)40-18-10-22-45-48(40)38-26-25-33(29-46(38)58-45)41-28-32-13-3-4-14-35(32)50-49(41)37-16-6-8-20-43(37)59-50/h1-29H. The van der Waals surface area contributed by atoms with Gasteiger partial charge >= 0.3 is 0 Å². The highest BCUT2D eigenvalue weighted by Crippen LogP contribution is 2.44. The van der Waals surface area contributed by atoms with Gasteiger partial charge in [0.1, 0.15) is 33.5 Å². The summed E-state index contributed by atoms with van der Waals surface area (Å²) < 4.78 is 19.5. The quantitative estimate of drug-likeness (QED) is 0.178. The first kappa shape index (κ1) is 32.0. The van der Waals surface area contributed by atoms with Gasteiger partial charge in [-0.2, -0.15) is 0 Å². The fourth-order valence-corrected chi connectivity index (χ4v) is 9.00. The van der Waals surface area contributed by atoms with Crippen LogP contribution in [0.2, 0.25) is 0 Å². The van der Waals surface area contributed by atoms with E-state index in [1.54, 1.807) is 0 Å². The zero-order valence-corrected chi connectivity index (χ0v) is 31.3. The Morgan fingerprint density at radius 1 is 0.288 bits per heavy atom. The fourth-order valence-electron chi connectivity index (χ4n) is 9.00. The van der Waals surface area contributed by atoms with Crippen molar-refractivity contribution in [2.75, 3.05) is 0 Å². The molecule has 0 radical (unpaired) electrons. The summed E-state index contributed by atoms with van der Waals surface area (Å²) in [4.78, 5) is 15.7. The molecule has 0 amide bonds. The molecule has 13 rings (SSSR count). The number of rotatable bonds is 4. The number of fused-ring (bicyclic) bond motifs is 12. The van der Waals surface area contributed by atoms with Crippen molar-refractivity contribution in [2.24, 2.45) is 0 Å². The van der Waals surface area contributed by atoms with Crippen LogP contribution in [0.5, 0.6) is 0 Å². The molecule has 274 valence electrons. The molecule has 13 aromatic rings. The number of furan rings is 3. The summed E-state index contributed by atoms with van der Waals surface area (Å²) in [5.74, 6) is 1.71. The molecule has 4 aromatic heterocycles. The lowest BCUT2D eigenvalue weighted by Gasteiger charge is -2.10. The number of hydrogen-bond acceptors (Lipinski definition) is 6. The topological polar surface area (TPSA) is 78.1 Å². The Hall–Kier alpha value is -8.09. The van der Waals surface area contributed by atoms with Crippen LogP contribution in [0, 0.1) is 0 Å². The second-order valence-corrected chi connectivity index (χ2v) is 15.1. The minimum Gasteiger partial charge on any atom is -0.456 e. The monoisotopic (exact) mass is 755 g/mol. The van der Waals surface area contributed by atoms with Gasteiger partial charge in [0.15, 0.2) is 17.5 Å². The van der Waals surface area contributed by atoms with E-state index in [0.717, 1.165) is 115 Å². The molecule has 0 spiro atoms. The van der Waals surface area contributed by atoms with E-state index in [1.807, 2.05) is 54.6 Å². The average Bonchev–Trinajstić information content (AvgIpc) is 4.00.